The lowest BCUT2D eigenvalue weighted by molar-refractivity contribution is 0.0749. The zero-order valence-electron chi connectivity index (χ0n) is 15.1. The van der Waals surface area contributed by atoms with Crippen LogP contribution in [-0.4, -0.2) is 34.7 Å². The fraction of sp³-hybridized carbons (Fsp3) is 0.350. The molecule has 0 spiro atoms. The molecule has 5 heteroatoms. The highest BCUT2D eigenvalue weighted by atomic mass is 16.2. The Balaban J connectivity index is 2.10. The van der Waals surface area contributed by atoms with Crippen LogP contribution < -0.4 is 5.32 Å². The van der Waals surface area contributed by atoms with Gasteiger partial charge in [-0.05, 0) is 44.0 Å². The molecule has 0 saturated heterocycles. The first kappa shape index (κ1) is 18.6. The second kappa shape index (κ2) is 8.97. The molecule has 0 aliphatic carbocycles. The molecule has 1 aromatic carbocycles. The molecule has 0 aliphatic rings. The number of amides is 1. The fourth-order valence-electron chi connectivity index (χ4n) is 2.59. The fourth-order valence-corrected chi connectivity index (χ4v) is 2.59. The molecule has 2 aromatic rings. The van der Waals surface area contributed by atoms with Crippen molar-refractivity contribution in [1.82, 2.24) is 9.88 Å². The van der Waals surface area contributed by atoms with E-state index in [1.54, 1.807) is 31.3 Å². The molecule has 1 amide bonds. The number of Topliss-reactive ketones (excluding diaryl/α,β-unsaturated/α-hetero) is 1. The highest BCUT2D eigenvalue weighted by molar-refractivity contribution is 5.95. The van der Waals surface area contributed by atoms with Gasteiger partial charge in [0.1, 0.15) is 5.69 Å². The van der Waals surface area contributed by atoms with Crippen molar-refractivity contribution in [2.45, 2.75) is 33.6 Å². The van der Waals surface area contributed by atoms with Crippen molar-refractivity contribution < 1.29 is 9.59 Å². The van der Waals surface area contributed by atoms with Crippen LogP contribution in [0.5, 0.6) is 0 Å². The van der Waals surface area contributed by atoms with Crippen LogP contribution >= 0.6 is 0 Å². The van der Waals surface area contributed by atoms with Gasteiger partial charge in [-0.1, -0.05) is 26.0 Å². The summed E-state index contributed by atoms with van der Waals surface area (Å²) >= 11 is 0. The SMILES string of the molecule is CCCN(CCC)C(=O)c1ccc(Nc2cccc(C(C)=O)c2)cn1. The second-order valence-corrected chi connectivity index (χ2v) is 5.99. The summed E-state index contributed by atoms with van der Waals surface area (Å²) in [6.45, 7) is 7.15. The third-order valence-electron chi connectivity index (χ3n) is 3.81. The van der Waals surface area contributed by atoms with Crippen molar-refractivity contribution >= 4 is 23.1 Å². The van der Waals surface area contributed by atoms with Crippen molar-refractivity contribution in [3.8, 4) is 0 Å². The summed E-state index contributed by atoms with van der Waals surface area (Å²) in [7, 11) is 0. The van der Waals surface area contributed by atoms with Gasteiger partial charge in [-0.25, -0.2) is 4.98 Å². The maximum Gasteiger partial charge on any atom is 0.272 e. The molecule has 0 bridgehead atoms. The van der Waals surface area contributed by atoms with E-state index in [1.807, 2.05) is 23.1 Å². The van der Waals surface area contributed by atoms with Gasteiger partial charge in [0.25, 0.3) is 5.91 Å². The minimum Gasteiger partial charge on any atom is -0.354 e. The number of rotatable bonds is 8. The van der Waals surface area contributed by atoms with E-state index in [0.29, 0.717) is 11.3 Å². The molecule has 1 N–H and O–H groups in total. The lowest BCUT2D eigenvalue weighted by atomic mass is 10.1. The number of aromatic nitrogens is 1. The molecular weight excluding hydrogens is 314 g/mol. The van der Waals surface area contributed by atoms with Crippen LogP contribution in [0.15, 0.2) is 42.6 Å². The quantitative estimate of drug-likeness (QED) is 0.729. The Bertz CT molecular complexity index is 720. The largest absolute Gasteiger partial charge is 0.354 e. The number of nitrogens with zero attached hydrogens (tertiary/aromatic N) is 2. The molecule has 1 aromatic heterocycles. The molecule has 1 heterocycles. The maximum atomic E-state index is 12.5. The molecule has 2 rings (SSSR count). The number of benzene rings is 1. The zero-order valence-corrected chi connectivity index (χ0v) is 15.1. The Morgan fingerprint density at radius 3 is 2.32 bits per heavy atom. The van der Waals surface area contributed by atoms with E-state index in [4.69, 9.17) is 0 Å². The van der Waals surface area contributed by atoms with E-state index in [2.05, 4.69) is 24.1 Å². The van der Waals surface area contributed by atoms with Gasteiger partial charge in [-0.2, -0.15) is 0 Å². The molecule has 0 fully saturated rings. The Labute approximate surface area is 149 Å². The predicted octanol–water partition coefficient (Wildman–Crippen LogP) is 4.29. The molecule has 0 radical (unpaired) electrons. The van der Waals surface area contributed by atoms with Gasteiger partial charge < -0.3 is 10.2 Å². The van der Waals surface area contributed by atoms with Gasteiger partial charge in [-0.15, -0.1) is 0 Å². The second-order valence-electron chi connectivity index (χ2n) is 5.99. The van der Waals surface area contributed by atoms with Crippen LogP contribution in [0, 0.1) is 0 Å². The summed E-state index contributed by atoms with van der Waals surface area (Å²) in [5.74, 6) is -0.0107. The van der Waals surface area contributed by atoms with E-state index >= 15 is 0 Å². The Hall–Kier alpha value is -2.69. The number of pyridine rings is 1. The van der Waals surface area contributed by atoms with E-state index in [-0.39, 0.29) is 11.7 Å². The molecule has 0 aliphatic heterocycles. The molecule has 5 nitrogen and oxygen atoms in total. The highest BCUT2D eigenvalue weighted by Gasteiger charge is 2.15. The van der Waals surface area contributed by atoms with Crippen LogP contribution in [0.4, 0.5) is 11.4 Å². The third-order valence-corrected chi connectivity index (χ3v) is 3.81. The first-order chi connectivity index (χ1) is 12.0. The van der Waals surface area contributed by atoms with Crippen molar-refractivity contribution in [3.05, 3.63) is 53.9 Å². The standard InChI is InChI=1S/C20H25N3O2/c1-4-11-23(12-5-2)20(25)19-10-9-18(14-21-19)22-17-8-6-7-16(13-17)15(3)24/h6-10,13-14,22H,4-5,11-12H2,1-3H3. The minimum absolute atomic E-state index is 0.0228. The summed E-state index contributed by atoms with van der Waals surface area (Å²) < 4.78 is 0. The van der Waals surface area contributed by atoms with E-state index in [0.717, 1.165) is 37.3 Å². The topological polar surface area (TPSA) is 62.3 Å². The van der Waals surface area contributed by atoms with Gasteiger partial charge in [0, 0.05) is 24.3 Å². The number of carbonyl (C=O) groups excluding carboxylic acids is 2. The van der Waals surface area contributed by atoms with Crippen LogP contribution in [0.1, 0.15) is 54.5 Å². The molecule has 25 heavy (non-hydrogen) atoms. The van der Waals surface area contributed by atoms with E-state index in [1.165, 1.54) is 0 Å². The summed E-state index contributed by atoms with van der Waals surface area (Å²) in [4.78, 5) is 30.1. The van der Waals surface area contributed by atoms with Gasteiger partial charge >= 0.3 is 0 Å². The predicted molar refractivity (Wildman–Crippen MR) is 100 cm³/mol. The molecule has 132 valence electrons. The number of nitrogens with one attached hydrogen (secondary N) is 1. The average molecular weight is 339 g/mol. The molecular formula is C20H25N3O2. The van der Waals surface area contributed by atoms with Gasteiger partial charge in [0.15, 0.2) is 5.78 Å². The number of hydrogen-bond acceptors (Lipinski definition) is 4. The van der Waals surface area contributed by atoms with Crippen molar-refractivity contribution in [2.75, 3.05) is 18.4 Å². The minimum atomic E-state index is -0.0335. The molecule has 0 unspecified atom stereocenters. The Kier molecular flexibility index (Phi) is 6.69. The summed E-state index contributed by atoms with van der Waals surface area (Å²) in [5.41, 5.74) is 2.69. The first-order valence-electron chi connectivity index (χ1n) is 8.68. The number of hydrogen-bond donors (Lipinski definition) is 1. The number of carbonyl (C=O) groups is 2. The highest BCUT2D eigenvalue weighted by Crippen LogP contribution is 2.18. The average Bonchev–Trinajstić information content (AvgIpc) is 2.62. The summed E-state index contributed by atoms with van der Waals surface area (Å²) in [6.07, 6.45) is 3.50. The van der Waals surface area contributed by atoms with Gasteiger partial charge in [0.2, 0.25) is 0 Å². The van der Waals surface area contributed by atoms with Crippen LogP contribution in [0.3, 0.4) is 0 Å². The zero-order chi connectivity index (χ0) is 18.2. The molecule has 0 saturated carbocycles. The van der Waals surface area contributed by atoms with Crippen LogP contribution in [0.2, 0.25) is 0 Å². The summed E-state index contributed by atoms with van der Waals surface area (Å²) in [6, 6.07) is 10.9. The number of ketones is 1. The third kappa shape index (κ3) is 5.14. The monoisotopic (exact) mass is 339 g/mol. The number of anilines is 2. The maximum absolute atomic E-state index is 12.5. The lowest BCUT2D eigenvalue weighted by Gasteiger charge is -2.21. The normalized spacial score (nSPS) is 10.4. The Morgan fingerprint density at radius 1 is 1.04 bits per heavy atom. The lowest BCUT2D eigenvalue weighted by Crippen LogP contribution is -2.33. The van der Waals surface area contributed by atoms with E-state index in [9.17, 15) is 9.59 Å². The van der Waals surface area contributed by atoms with E-state index < -0.39 is 0 Å². The van der Waals surface area contributed by atoms with Crippen LogP contribution in [-0.2, 0) is 0 Å². The summed E-state index contributed by atoms with van der Waals surface area (Å²) in [5, 5.41) is 3.21. The molecule has 0 atom stereocenters. The smallest absolute Gasteiger partial charge is 0.272 e. The van der Waals surface area contributed by atoms with Crippen molar-refractivity contribution in [2.24, 2.45) is 0 Å². The van der Waals surface area contributed by atoms with Gasteiger partial charge in [0.05, 0.1) is 11.9 Å². The Morgan fingerprint density at radius 2 is 1.76 bits per heavy atom. The van der Waals surface area contributed by atoms with Crippen molar-refractivity contribution in [3.63, 3.8) is 0 Å². The first-order valence-corrected chi connectivity index (χ1v) is 8.68. The van der Waals surface area contributed by atoms with Crippen molar-refractivity contribution in [1.29, 1.82) is 0 Å². The van der Waals surface area contributed by atoms with Crippen LogP contribution in [0.25, 0.3) is 0 Å². The van der Waals surface area contributed by atoms with Gasteiger partial charge in [-0.3, -0.25) is 9.59 Å².